The average Bonchev–Trinajstić information content (AvgIpc) is 3.75. The van der Waals surface area contributed by atoms with Gasteiger partial charge in [-0.25, -0.2) is 13.8 Å². The average molecular weight is 668 g/mol. The number of carbonyl (C=O) groups is 2. The zero-order chi connectivity index (χ0) is 33.6. The quantitative estimate of drug-likeness (QED) is 0.0965. The van der Waals surface area contributed by atoms with Crippen LogP contribution in [-0.4, -0.2) is 33.6 Å². The first-order valence-corrected chi connectivity index (χ1v) is 15.2. The van der Waals surface area contributed by atoms with Gasteiger partial charge in [-0.1, -0.05) is 90.5 Å². The monoisotopic (exact) mass is 667 g/mol. The van der Waals surface area contributed by atoms with E-state index in [0.29, 0.717) is 29.3 Å². The SMILES string of the molecule is Cc1ncoc1C(COc1ccccc1C(c1ccccc1)c1ccccc1)NC(=O)c1cc(NC(=O)c2cc(F)c(F)cc2Cl)n[nH]1. The summed E-state index contributed by atoms with van der Waals surface area (Å²) in [6, 6.07) is 29.8. The Morgan fingerprint density at radius 2 is 1.54 bits per heavy atom. The van der Waals surface area contributed by atoms with Crippen molar-refractivity contribution in [3.05, 3.63) is 166 Å². The van der Waals surface area contributed by atoms with Crippen LogP contribution in [0, 0.1) is 18.6 Å². The number of nitrogens with zero attached hydrogens (tertiary/aromatic N) is 2. The van der Waals surface area contributed by atoms with Gasteiger partial charge in [0.25, 0.3) is 11.8 Å². The third-order valence-electron chi connectivity index (χ3n) is 7.62. The van der Waals surface area contributed by atoms with Crippen LogP contribution < -0.4 is 15.4 Å². The molecule has 0 fully saturated rings. The summed E-state index contributed by atoms with van der Waals surface area (Å²) in [5, 5.41) is 11.5. The van der Waals surface area contributed by atoms with Gasteiger partial charge in [0, 0.05) is 17.5 Å². The molecule has 12 heteroatoms. The van der Waals surface area contributed by atoms with E-state index in [-0.39, 0.29) is 34.6 Å². The molecule has 4 aromatic carbocycles. The summed E-state index contributed by atoms with van der Waals surface area (Å²) in [6.45, 7) is 1.74. The van der Waals surface area contributed by atoms with E-state index in [1.165, 1.54) is 12.5 Å². The number of aryl methyl sites for hydroxylation is 1. The van der Waals surface area contributed by atoms with Gasteiger partial charge in [-0.2, -0.15) is 5.10 Å². The molecule has 2 aromatic heterocycles. The number of aromatic nitrogens is 3. The molecule has 9 nitrogen and oxygen atoms in total. The fraction of sp³-hybridized carbons (Fsp3) is 0.111. The number of halogens is 3. The molecule has 48 heavy (non-hydrogen) atoms. The normalized spacial score (nSPS) is 11.7. The van der Waals surface area contributed by atoms with Gasteiger partial charge in [0.2, 0.25) is 0 Å². The molecule has 0 bridgehead atoms. The highest BCUT2D eigenvalue weighted by molar-refractivity contribution is 6.34. The van der Waals surface area contributed by atoms with E-state index >= 15 is 0 Å². The number of benzene rings is 4. The number of anilines is 1. The number of para-hydroxylation sites is 1. The van der Waals surface area contributed by atoms with Crippen LogP contribution in [0.2, 0.25) is 5.02 Å². The molecule has 2 amide bonds. The molecule has 1 unspecified atom stereocenters. The van der Waals surface area contributed by atoms with Crippen molar-refractivity contribution in [2.24, 2.45) is 0 Å². The van der Waals surface area contributed by atoms with Crippen LogP contribution in [-0.2, 0) is 0 Å². The Morgan fingerprint density at radius 1 is 0.896 bits per heavy atom. The van der Waals surface area contributed by atoms with Gasteiger partial charge in [0.15, 0.2) is 29.6 Å². The molecule has 2 heterocycles. The summed E-state index contributed by atoms with van der Waals surface area (Å²) in [5.74, 6) is -3.01. The summed E-state index contributed by atoms with van der Waals surface area (Å²) >= 11 is 5.91. The molecule has 242 valence electrons. The van der Waals surface area contributed by atoms with Gasteiger partial charge in [0.05, 0.1) is 16.3 Å². The fourth-order valence-electron chi connectivity index (χ4n) is 5.31. The third kappa shape index (κ3) is 7.11. The van der Waals surface area contributed by atoms with Crippen molar-refractivity contribution in [3.63, 3.8) is 0 Å². The number of nitrogens with one attached hydrogen (secondary N) is 3. The molecule has 0 spiro atoms. The van der Waals surface area contributed by atoms with Crippen LogP contribution in [0.3, 0.4) is 0 Å². The van der Waals surface area contributed by atoms with E-state index in [1.807, 2.05) is 60.7 Å². The maximum Gasteiger partial charge on any atom is 0.270 e. The first-order chi connectivity index (χ1) is 23.3. The Labute approximate surface area is 278 Å². The summed E-state index contributed by atoms with van der Waals surface area (Å²) < 4.78 is 39.2. The molecule has 0 saturated heterocycles. The first kappa shape index (κ1) is 32.1. The standard InChI is InChI=1S/C36H28ClF2N5O4/c1-21-34(48-20-40-21)30(41-36(46)29-18-32(44-43-29)42-35(45)25-16-27(38)28(39)17-26(25)37)19-47-31-15-9-8-14-24(31)33(22-10-4-2-5-11-22)23-12-6-3-7-13-23/h2-18,20,30,33H,19H2,1H3,(H,41,46)(H2,42,43,44,45). The van der Waals surface area contributed by atoms with Crippen LogP contribution in [0.5, 0.6) is 5.75 Å². The van der Waals surface area contributed by atoms with Crippen LogP contribution in [0.25, 0.3) is 0 Å². The lowest BCUT2D eigenvalue weighted by Crippen LogP contribution is -2.33. The summed E-state index contributed by atoms with van der Waals surface area (Å²) in [6.07, 6.45) is 1.28. The van der Waals surface area contributed by atoms with Gasteiger partial charge < -0.3 is 19.8 Å². The lowest BCUT2D eigenvalue weighted by Gasteiger charge is -2.23. The van der Waals surface area contributed by atoms with Crippen molar-refractivity contribution in [3.8, 4) is 5.75 Å². The van der Waals surface area contributed by atoms with Gasteiger partial charge in [-0.3, -0.25) is 14.7 Å². The molecule has 1 atom stereocenters. The van der Waals surface area contributed by atoms with Crippen LogP contribution in [0.15, 0.2) is 114 Å². The smallest absolute Gasteiger partial charge is 0.270 e. The van der Waals surface area contributed by atoms with Crippen LogP contribution >= 0.6 is 11.6 Å². The number of ether oxygens (including phenoxy) is 1. The number of H-pyrrole nitrogens is 1. The Balaban J connectivity index is 1.22. The zero-order valence-electron chi connectivity index (χ0n) is 25.4. The van der Waals surface area contributed by atoms with Gasteiger partial charge in [0.1, 0.15) is 24.1 Å². The lowest BCUT2D eigenvalue weighted by molar-refractivity contribution is 0.0907. The van der Waals surface area contributed by atoms with Crippen molar-refractivity contribution in [2.75, 3.05) is 11.9 Å². The number of rotatable bonds is 11. The van der Waals surface area contributed by atoms with Crippen molar-refractivity contribution in [1.29, 1.82) is 0 Å². The predicted molar refractivity (Wildman–Crippen MR) is 175 cm³/mol. The molecule has 0 saturated carbocycles. The highest BCUT2D eigenvalue weighted by Crippen LogP contribution is 2.37. The number of aromatic amines is 1. The number of carbonyl (C=O) groups excluding carboxylic acids is 2. The number of amides is 2. The lowest BCUT2D eigenvalue weighted by atomic mass is 9.85. The topological polar surface area (TPSA) is 122 Å². The largest absolute Gasteiger partial charge is 0.491 e. The Morgan fingerprint density at radius 3 is 2.21 bits per heavy atom. The Kier molecular flexibility index (Phi) is 9.58. The number of hydrogen-bond donors (Lipinski definition) is 3. The van der Waals surface area contributed by atoms with Gasteiger partial charge >= 0.3 is 0 Å². The maximum atomic E-state index is 13.7. The Hall–Kier alpha value is -5.81. The molecule has 0 radical (unpaired) electrons. The van der Waals surface area contributed by atoms with E-state index in [9.17, 15) is 18.4 Å². The van der Waals surface area contributed by atoms with Crippen LogP contribution in [0.1, 0.15) is 61.0 Å². The molecular weight excluding hydrogens is 640 g/mol. The molecule has 0 aliphatic carbocycles. The minimum Gasteiger partial charge on any atom is -0.491 e. The van der Waals surface area contributed by atoms with Crippen molar-refractivity contribution < 1.29 is 27.5 Å². The second kappa shape index (κ2) is 14.3. The fourth-order valence-corrected chi connectivity index (χ4v) is 5.55. The van der Waals surface area contributed by atoms with E-state index in [0.717, 1.165) is 16.7 Å². The predicted octanol–water partition coefficient (Wildman–Crippen LogP) is 7.62. The Bertz CT molecular complexity index is 2010. The first-order valence-electron chi connectivity index (χ1n) is 14.8. The summed E-state index contributed by atoms with van der Waals surface area (Å²) in [5.41, 5.74) is 3.37. The van der Waals surface area contributed by atoms with E-state index in [4.69, 9.17) is 20.8 Å². The molecule has 6 rings (SSSR count). The minimum absolute atomic E-state index is 0.00234. The highest BCUT2D eigenvalue weighted by atomic mass is 35.5. The van der Waals surface area contributed by atoms with Crippen molar-refractivity contribution >= 4 is 29.2 Å². The summed E-state index contributed by atoms with van der Waals surface area (Å²) in [4.78, 5) is 30.2. The molecule has 0 aliphatic heterocycles. The van der Waals surface area contributed by atoms with E-state index in [1.54, 1.807) is 6.92 Å². The number of hydrogen-bond acceptors (Lipinski definition) is 6. The molecule has 0 aliphatic rings. The second-order valence-corrected chi connectivity index (χ2v) is 11.2. The molecule has 6 aromatic rings. The molecule has 3 N–H and O–H groups in total. The van der Waals surface area contributed by atoms with Crippen molar-refractivity contribution in [1.82, 2.24) is 20.5 Å². The highest BCUT2D eigenvalue weighted by Gasteiger charge is 2.26. The third-order valence-corrected chi connectivity index (χ3v) is 7.94. The summed E-state index contributed by atoms with van der Waals surface area (Å²) in [7, 11) is 0. The van der Waals surface area contributed by atoms with E-state index in [2.05, 4.69) is 50.1 Å². The van der Waals surface area contributed by atoms with E-state index < -0.39 is 29.5 Å². The minimum atomic E-state index is -1.24. The zero-order valence-corrected chi connectivity index (χ0v) is 26.2. The van der Waals surface area contributed by atoms with Gasteiger partial charge in [-0.15, -0.1) is 0 Å². The van der Waals surface area contributed by atoms with Crippen molar-refractivity contribution in [2.45, 2.75) is 18.9 Å². The molecular formula is C36H28ClF2N5O4. The van der Waals surface area contributed by atoms with Gasteiger partial charge in [-0.05, 0) is 36.2 Å². The second-order valence-electron chi connectivity index (χ2n) is 10.8. The number of oxazole rings is 1. The maximum absolute atomic E-state index is 13.7. The van der Waals surface area contributed by atoms with Crippen LogP contribution in [0.4, 0.5) is 14.6 Å².